The summed E-state index contributed by atoms with van der Waals surface area (Å²) in [6.45, 7) is 3.47. The van der Waals surface area contributed by atoms with Gasteiger partial charge in [-0.15, -0.1) is 0 Å². The van der Waals surface area contributed by atoms with Crippen LogP contribution < -0.4 is 0 Å². The van der Waals surface area contributed by atoms with Crippen LogP contribution in [-0.4, -0.2) is 26.2 Å². The Morgan fingerprint density at radius 2 is 1.61 bits per heavy atom. The van der Waals surface area contributed by atoms with Crippen LogP contribution in [0, 0.1) is 12.3 Å². The molecule has 0 N–H and O–H groups in total. The van der Waals surface area contributed by atoms with Crippen molar-refractivity contribution in [2.45, 2.75) is 20.3 Å². The average molecular weight is 250 g/mol. The largest absolute Gasteiger partial charge is 0.468 e. The number of esters is 2. The van der Waals surface area contributed by atoms with Crippen LogP contribution in [0.5, 0.6) is 0 Å². The highest BCUT2D eigenvalue weighted by atomic mass is 16.5. The molecule has 0 spiro atoms. The minimum Gasteiger partial charge on any atom is -0.468 e. The summed E-state index contributed by atoms with van der Waals surface area (Å²) in [4.78, 5) is 23.7. The number of carbonyl (C=O) groups is 2. The quantitative estimate of drug-likeness (QED) is 0.605. The van der Waals surface area contributed by atoms with Crippen LogP contribution in [0.1, 0.15) is 18.1 Å². The van der Waals surface area contributed by atoms with Gasteiger partial charge >= 0.3 is 11.9 Å². The van der Waals surface area contributed by atoms with Gasteiger partial charge in [0.1, 0.15) is 0 Å². The van der Waals surface area contributed by atoms with Crippen LogP contribution in [0.4, 0.5) is 0 Å². The van der Waals surface area contributed by atoms with Gasteiger partial charge in [0.25, 0.3) is 0 Å². The van der Waals surface area contributed by atoms with Crippen LogP contribution >= 0.6 is 0 Å². The van der Waals surface area contributed by atoms with E-state index in [1.165, 1.54) is 21.1 Å². The predicted octanol–water partition coefficient (Wildman–Crippen LogP) is 1.89. The molecule has 0 aliphatic carbocycles. The van der Waals surface area contributed by atoms with Crippen molar-refractivity contribution in [1.29, 1.82) is 0 Å². The van der Waals surface area contributed by atoms with Gasteiger partial charge in [-0.25, -0.2) is 0 Å². The molecule has 0 aliphatic heterocycles. The number of methoxy groups -OCH3 is 2. The van der Waals surface area contributed by atoms with Gasteiger partial charge in [-0.05, 0) is 31.4 Å². The second-order valence-electron chi connectivity index (χ2n) is 4.42. The SMILES string of the molecule is COC(=O)C(C)(Cc1ccccc1C)C(=O)OC. The van der Waals surface area contributed by atoms with E-state index in [9.17, 15) is 9.59 Å². The molecule has 0 atom stereocenters. The van der Waals surface area contributed by atoms with Crippen LogP contribution in [0.25, 0.3) is 0 Å². The third-order valence-electron chi connectivity index (χ3n) is 3.08. The highest BCUT2D eigenvalue weighted by molar-refractivity contribution is 5.99. The van der Waals surface area contributed by atoms with Gasteiger partial charge in [0.05, 0.1) is 14.2 Å². The molecule has 0 saturated heterocycles. The summed E-state index contributed by atoms with van der Waals surface area (Å²) in [6.07, 6.45) is 0.263. The van der Waals surface area contributed by atoms with E-state index >= 15 is 0 Å². The number of ether oxygens (including phenoxy) is 2. The van der Waals surface area contributed by atoms with Crippen molar-refractivity contribution < 1.29 is 19.1 Å². The van der Waals surface area contributed by atoms with Crippen molar-refractivity contribution >= 4 is 11.9 Å². The normalized spacial score (nSPS) is 10.9. The van der Waals surface area contributed by atoms with Gasteiger partial charge in [-0.3, -0.25) is 9.59 Å². The first-order chi connectivity index (χ1) is 8.45. The van der Waals surface area contributed by atoms with Crippen LogP contribution in [0.3, 0.4) is 0 Å². The lowest BCUT2D eigenvalue weighted by Crippen LogP contribution is -2.40. The van der Waals surface area contributed by atoms with Gasteiger partial charge in [-0.2, -0.15) is 0 Å². The molecular weight excluding hydrogens is 232 g/mol. The number of rotatable bonds is 4. The van der Waals surface area contributed by atoms with Gasteiger partial charge < -0.3 is 9.47 Å². The monoisotopic (exact) mass is 250 g/mol. The third kappa shape index (κ3) is 2.70. The smallest absolute Gasteiger partial charge is 0.323 e. The molecule has 0 amide bonds. The maximum Gasteiger partial charge on any atom is 0.323 e. The van der Waals surface area contributed by atoms with E-state index in [1.54, 1.807) is 0 Å². The van der Waals surface area contributed by atoms with Crippen molar-refractivity contribution in [3.8, 4) is 0 Å². The maximum atomic E-state index is 11.8. The van der Waals surface area contributed by atoms with Crippen molar-refractivity contribution in [3.05, 3.63) is 35.4 Å². The summed E-state index contributed by atoms with van der Waals surface area (Å²) in [5.41, 5.74) is 0.641. The Labute approximate surface area is 107 Å². The first kappa shape index (κ1) is 14.2. The highest BCUT2D eigenvalue weighted by Crippen LogP contribution is 2.27. The van der Waals surface area contributed by atoms with E-state index in [0.717, 1.165) is 11.1 Å². The third-order valence-corrected chi connectivity index (χ3v) is 3.08. The molecule has 4 nitrogen and oxygen atoms in total. The van der Waals surface area contributed by atoms with E-state index in [1.807, 2.05) is 31.2 Å². The van der Waals surface area contributed by atoms with Gasteiger partial charge in [0, 0.05) is 0 Å². The summed E-state index contributed by atoms with van der Waals surface area (Å²) >= 11 is 0. The molecule has 0 bridgehead atoms. The van der Waals surface area contributed by atoms with Gasteiger partial charge in [-0.1, -0.05) is 24.3 Å². The summed E-state index contributed by atoms with van der Waals surface area (Å²) in [5.74, 6) is -1.17. The van der Waals surface area contributed by atoms with Crippen LogP contribution in [0.2, 0.25) is 0 Å². The van der Waals surface area contributed by atoms with E-state index in [4.69, 9.17) is 9.47 Å². The number of hydrogen-bond acceptors (Lipinski definition) is 4. The zero-order valence-corrected chi connectivity index (χ0v) is 11.1. The number of aryl methyl sites for hydroxylation is 1. The van der Waals surface area contributed by atoms with Crippen molar-refractivity contribution in [2.75, 3.05) is 14.2 Å². The number of carbonyl (C=O) groups excluding carboxylic acids is 2. The Balaban J connectivity index is 3.11. The standard InChI is InChI=1S/C14H18O4/c1-10-7-5-6-8-11(10)9-14(2,12(15)17-3)13(16)18-4/h5-8H,9H2,1-4H3. The molecule has 0 saturated carbocycles. The molecule has 18 heavy (non-hydrogen) atoms. The molecule has 0 aromatic heterocycles. The van der Waals surface area contributed by atoms with Crippen LogP contribution in [-0.2, 0) is 25.5 Å². The highest BCUT2D eigenvalue weighted by Gasteiger charge is 2.43. The summed E-state index contributed by atoms with van der Waals surface area (Å²) in [6, 6.07) is 7.60. The molecule has 0 heterocycles. The lowest BCUT2D eigenvalue weighted by atomic mass is 9.82. The molecule has 4 heteroatoms. The van der Waals surface area contributed by atoms with E-state index < -0.39 is 17.4 Å². The lowest BCUT2D eigenvalue weighted by Gasteiger charge is -2.24. The fourth-order valence-electron chi connectivity index (χ4n) is 1.87. The molecular formula is C14H18O4. The second kappa shape index (κ2) is 5.67. The predicted molar refractivity (Wildman–Crippen MR) is 67.0 cm³/mol. The fourth-order valence-corrected chi connectivity index (χ4v) is 1.87. The maximum absolute atomic E-state index is 11.8. The molecule has 1 rings (SSSR count). The topological polar surface area (TPSA) is 52.6 Å². The fraction of sp³-hybridized carbons (Fsp3) is 0.429. The van der Waals surface area contributed by atoms with Crippen molar-refractivity contribution in [1.82, 2.24) is 0 Å². The Kier molecular flexibility index (Phi) is 4.48. The van der Waals surface area contributed by atoms with Gasteiger partial charge in [0.2, 0.25) is 0 Å². The molecule has 0 aliphatic rings. The van der Waals surface area contributed by atoms with Crippen molar-refractivity contribution in [3.63, 3.8) is 0 Å². The zero-order valence-electron chi connectivity index (χ0n) is 11.1. The van der Waals surface area contributed by atoms with E-state index in [-0.39, 0.29) is 6.42 Å². The molecule has 98 valence electrons. The lowest BCUT2D eigenvalue weighted by molar-refractivity contribution is -0.167. The Morgan fingerprint density at radius 1 is 1.11 bits per heavy atom. The number of benzene rings is 1. The Hall–Kier alpha value is -1.84. The summed E-state index contributed by atoms with van der Waals surface area (Å²) in [7, 11) is 2.53. The average Bonchev–Trinajstić information content (AvgIpc) is 2.39. The molecule has 1 aromatic carbocycles. The summed E-state index contributed by atoms with van der Waals surface area (Å²) < 4.78 is 9.42. The molecule has 0 fully saturated rings. The first-order valence-corrected chi connectivity index (χ1v) is 5.67. The first-order valence-electron chi connectivity index (χ1n) is 5.67. The number of hydrogen-bond donors (Lipinski definition) is 0. The Morgan fingerprint density at radius 3 is 2.06 bits per heavy atom. The molecule has 0 radical (unpaired) electrons. The Bertz CT molecular complexity index is 435. The van der Waals surface area contributed by atoms with E-state index in [0.29, 0.717) is 0 Å². The van der Waals surface area contributed by atoms with Crippen molar-refractivity contribution in [2.24, 2.45) is 5.41 Å². The summed E-state index contributed by atoms with van der Waals surface area (Å²) in [5, 5.41) is 0. The minimum absolute atomic E-state index is 0.263. The van der Waals surface area contributed by atoms with E-state index in [2.05, 4.69) is 0 Å². The molecule has 0 unspecified atom stereocenters. The second-order valence-corrected chi connectivity index (χ2v) is 4.42. The molecule has 1 aromatic rings. The van der Waals surface area contributed by atoms with Crippen LogP contribution in [0.15, 0.2) is 24.3 Å². The minimum atomic E-state index is -1.31. The van der Waals surface area contributed by atoms with Gasteiger partial charge in [0.15, 0.2) is 5.41 Å². The zero-order chi connectivity index (χ0) is 13.8.